The Bertz CT molecular complexity index is 385. The Morgan fingerprint density at radius 1 is 1.44 bits per heavy atom. The number of carbonyl (C=O) groups excluding carboxylic acids is 1. The molecule has 2 heterocycles. The van der Waals surface area contributed by atoms with Crippen LogP contribution in [0, 0.1) is 0 Å². The van der Waals surface area contributed by atoms with Crippen molar-refractivity contribution in [3.05, 3.63) is 24.2 Å². The summed E-state index contributed by atoms with van der Waals surface area (Å²) >= 11 is 0. The van der Waals surface area contributed by atoms with E-state index in [4.69, 9.17) is 9.52 Å². The highest BCUT2D eigenvalue weighted by atomic mass is 16.4. The van der Waals surface area contributed by atoms with Gasteiger partial charge in [-0.2, -0.15) is 0 Å². The van der Waals surface area contributed by atoms with Gasteiger partial charge in [0.05, 0.1) is 6.26 Å². The Morgan fingerprint density at radius 3 is 2.88 bits per heavy atom. The maximum Gasteiger partial charge on any atom is 0.326 e. The lowest BCUT2D eigenvalue weighted by atomic mass is 10.0. The summed E-state index contributed by atoms with van der Waals surface area (Å²) in [6.45, 7) is 0.483. The normalized spacial score (nSPS) is 20.8. The summed E-state index contributed by atoms with van der Waals surface area (Å²) in [5, 5.41) is 9.03. The van der Waals surface area contributed by atoms with Crippen LogP contribution in [0.5, 0.6) is 0 Å². The highest BCUT2D eigenvalue weighted by molar-refractivity contribution is 5.94. The van der Waals surface area contributed by atoms with E-state index < -0.39 is 12.0 Å². The molecule has 0 saturated carbocycles. The number of hydrogen-bond donors (Lipinski definition) is 1. The van der Waals surface area contributed by atoms with Gasteiger partial charge in [-0.1, -0.05) is 0 Å². The molecule has 0 aromatic carbocycles. The Morgan fingerprint density at radius 2 is 2.25 bits per heavy atom. The first-order chi connectivity index (χ1) is 7.70. The maximum atomic E-state index is 11.9. The van der Waals surface area contributed by atoms with Gasteiger partial charge in [0.25, 0.3) is 5.91 Å². The van der Waals surface area contributed by atoms with Crippen molar-refractivity contribution in [3.63, 3.8) is 0 Å². The first-order valence-corrected chi connectivity index (χ1v) is 5.27. The van der Waals surface area contributed by atoms with Crippen molar-refractivity contribution >= 4 is 11.9 Å². The molecule has 0 aliphatic carbocycles. The van der Waals surface area contributed by atoms with Gasteiger partial charge in [0.1, 0.15) is 6.04 Å². The molecule has 5 nitrogen and oxygen atoms in total. The molecule has 1 atom stereocenters. The van der Waals surface area contributed by atoms with Crippen LogP contribution in [0.3, 0.4) is 0 Å². The zero-order chi connectivity index (χ0) is 11.5. The second-order valence-corrected chi connectivity index (χ2v) is 3.83. The largest absolute Gasteiger partial charge is 0.480 e. The van der Waals surface area contributed by atoms with Crippen LogP contribution in [0.15, 0.2) is 22.8 Å². The predicted octanol–water partition coefficient (Wildman–Crippen LogP) is 1.36. The number of carbonyl (C=O) groups is 2. The summed E-state index contributed by atoms with van der Waals surface area (Å²) in [5.41, 5.74) is 0. The number of carboxylic acids is 1. The van der Waals surface area contributed by atoms with Crippen LogP contribution in [0.4, 0.5) is 0 Å². The second-order valence-electron chi connectivity index (χ2n) is 3.83. The van der Waals surface area contributed by atoms with Crippen molar-refractivity contribution in [3.8, 4) is 0 Å². The molecule has 1 fully saturated rings. The molecule has 1 aliphatic rings. The molecule has 1 N–H and O–H groups in total. The van der Waals surface area contributed by atoms with E-state index in [9.17, 15) is 9.59 Å². The Labute approximate surface area is 92.7 Å². The topological polar surface area (TPSA) is 70.8 Å². The van der Waals surface area contributed by atoms with E-state index in [2.05, 4.69) is 0 Å². The SMILES string of the molecule is O=C(O)C1CCCCN1C(=O)c1ccco1. The van der Waals surface area contributed by atoms with Gasteiger partial charge >= 0.3 is 5.97 Å². The lowest BCUT2D eigenvalue weighted by Gasteiger charge is -2.32. The van der Waals surface area contributed by atoms with Crippen molar-refractivity contribution in [1.82, 2.24) is 4.90 Å². The van der Waals surface area contributed by atoms with E-state index in [0.717, 1.165) is 12.8 Å². The molecule has 5 heteroatoms. The smallest absolute Gasteiger partial charge is 0.326 e. The summed E-state index contributed by atoms with van der Waals surface area (Å²) in [6.07, 6.45) is 3.61. The van der Waals surface area contributed by atoms with Gasteiger partial charge in [-0.3, -0.25) is 4.79 Å². The van der Waals surface area contributed by atoms with Crippen LogP contribution < -0.4 is 0 Å². The minimum atomic E-state index is -0.945. The fourth-order valence-electron chi connectivity index (χ4n) is 1.97. The molecule has 1 aliphatic heterocycles. The van der Waals surface area contributed by atoms with Crippen molar-refractivity contribution < 1.29 is 19.1 Å². The van der Waals surface area contributed by atoms with Crippen molar-refractivity contribution in [2.24, 2.45) is 0 Å². The third kappa shape index (κ3) is 1.93. The number of rotatable bonds is 2. The van der Waals surface area contributed by atoms with Crippen LogP contribution >= 0.6 is 0 Å². The summed E-state index contributed by atoms with van der Waals surface area (Å²) in [6, 6.07) is 2.45. The van der Waals surface area contributed by atoms with E-state index in [0.29, 0.717) is 13.0 Å². The molecule has 86 valence electrons. The zero-order valence-corrected chi connectivity index (χ0v) is 8.76. The van der Waals surface area contributed by atoms with Gasteiger partial charge in [0.15, 0.2) is 5.76 Å². The number of hydrogen-bond acceptors (Lipinski definition) is 3. The maximum absolute atomic E-state index is 11.9. The first kappa shape index (κ1) is 10.7. The second kappa shape index (κ2) is 4.38. The standard InChI is InChI=1S/C11H13NO4/c13-10(9-5-3-7-16-9)12-6-2-1-4-8(12)11(14)15/h3,5,7-8H,1-2,4,6H2,(H,14,15). The van der Waals surface area contributed by atoms with Crippen molar-refractivity contribution in [2.75, 3.05) is 6.54 Å². The number of carboxylic acid groups (broad SMARTS) is 1. The number of nitrogens with zero attached hydrogens (tertiary/aromatic N) is 1. The van der Waals surface area contributed by atoms with Crippen molar-refractivity contribution in [2.45, 2.75) is 25.3 Å². The van der Waals surface area contributed by atoms with Gasteiger partial charge < -0.3 is 14.4 Å². The number of likely N-dealkylation sites (tertiary alicyclic amines) is 1. The molecule has 16 heavy (non-hydrogen) atoms. The lowest BCUT2D eigenvalue weighted by molar-refractivity contribution is -0.143. The molecule has 1 amide bonds. The Kier molecular flexibility index (Phi) is 2.94. The average Bonchev–Trinajstić information content (AvgIpc) is 2.81. The minimum absolute atomic E-state index is 0.202. The Hall–Kier alpha value is -1.78. The first-order valence-electron chi connectivity index (χ1n) is 5.27. The lowest BCUT2D eigenvalue weighted by Crippen LogP contribution is -2.47. The molecular formula is C11H13NO4. The summed E-state index contributed by atoms with van der Waals surface area (Å²) in [4.78, 5) is 24.3. The third-order valence-electron chi connectivity index (χ3n) is 2.78. The van der Waals surface area contributed by atoms with Crippen molar-refractivity contribution in [1.29, 1.82) is 0 Å². The number of furan rings is 1. The van der Waals surface area contributed by atoms with Gasteiger partial charge in [0, 0.05) is 6.54 Å². The van der Waals surface area contributed by atoms with E-state index in [1.807, 2.05) is 0 Å². The predicted molar refractivity (Wildman–Crippen MR) is 55.0 cm³/mol. The van der Waals surface area contributed by atoms with Gasteiger partial charge in [-0.15, -0.1) is 0 Å². The fourth-order valence-corrected chi connectivity index (χ4v) is 1.97. The van der Waals surface area contributed by atoms with Crippen LogP contribution in [0.25, 0.3) is 0 Å². The zero-order valence-electron chi connectivity index (χ0n) is 8.76. The number of aliphatic carboxylic acids is 1. The molecule has 1 aromatic heterocycles. The molecule has 1 aromatic rings. The quantitative estimate of drug-likeness (QED) is 0.821. The van der Waals surface area contributed by atoms with E-state index in [1.54, 1.807) is 12.1 Å². The molecular weight excluding hydrogens is 210 g/mol. The van der Waals surface area contributed by atoms with Crippen LogP contribution in [-0.4, -0.2) is 34.5 Å². The highest BCUT2D eigenvalue weighted by Gasteiger charge is 2.33. The number of amides is 1. The molecule has 0 radical (unpaired) electrons. The monoisotopic (exact) mass is 223 g/mol. The van der Waals surface area contributed by atoms with E-state index >= 15 is 0 Å². The third-order valence-corrected chi connectivity index (χ3v) is 2.78. The minimum Gasteiger partial charge on any atom is -0.480 e. The molecule has 1 unspecified atom stereocenters. The highest BCUT2D eigenvalue weighted by Crippen LogP contribution is 2.20. The average molecular weight is 223 g/mol. The summed E-state index contributed by atoms with van der Waals surface area (Å²) < 4.78 is 4.99. The fraction of sp³-hybridized carbons (Fsp3) is 0.455. The van der Waals surface area contributed by atoms with Gasteiger partial charge in [-0.25, -0.2) is 4.79 Å². The van der Waals surface area contributed by atoms with E-state index in [-0.39, 0.29) is 11.7 Å². The van der Waals surface area contributed by atoms with E-state index in [1.165, 1.54) is 11.2 Å². The Balaban J connectivity index is 2.17. The molecule has 1 saturated heterocycles. The van der Waals surface area contributed by atoms with Crippen LogP contribution in [0.1, 0.15) is 29.8 Å². The van der Waals surface area contributed by atoms with Gasteiger partial charge in [0.2, 0.25) is 0 Å². The summed E-state index contributed by atoms with van der Waals surface area (Å²) in [5.74, 6) is -1.08. The van der Waals surface area contributed by atoms with Crippen LogP contribution in [0.2, 0.25) is 0 Å². The summed E-state index contributed by atoms with van der Waals surface area (Å²) in [7, 11) is 0. The molecule has 0 spiro atoms. The number of piperidine rings is 1. The van der Waals surface area contributed by atoms with Gasteiger partial charge in [-0.05, 0) is 31.4 Å². The molecule has 0 bridgehead atoms. The van der Waals surface area contributed by atoms with Crippen LogP contribution in [-0.2, 0) is 4.79 Å². The molecule has 2 rings (SSSR count).